The average Bonchev–Trinajstić information content (AvgIpc) is 3.07. The van der Waals surface area contributed by atoms with Crippen LogP contribution in [0.15, 0.2) is 15.9 Å². The van der Waals surface area contributed by atoms with E-state index in [1.165, 1.54) is 22.2 Å². The Balaban J connectivity index is 1.59. The van der Waals surface area contributed by atoms with Crippen molar-refractivity contribution < 1.29 is 0 Å². The minimum absolute atomic E-state index is 0.757. The van der Waals surface area contributed by atoms with Crippen LogP contribution in [-0.2, 0) is 6.54 Å². The van der Waals surface area contributed by atoms with Crippen LogP contribution < -0.4 is 5.32 Å². The number of rotatable bonds is 7. The van der Waals surface area contributed by atoms with Crippen molar-refractivity contribution in [2.45, 2.75) is 32.4 Å². The summed E-state index contributed by atoms with van der Waals surface area (Å²) in [5.41, 5.74) is 0. The monoisotopic (exact) mass is 316 g/mol. The van der Waals surface area contributed by atoms with Crippen LogP contribution in [0.25, 0.3) is 0 Å². The number of hydrogen-bond acceptors (Lipinski definition) is 3. The number of nitrogens with one attached hydrogen (secondary N) is 1. The van der Waals surface area contributed by atoms with Gasteiger partial charge in [-0.2, -0.15) is 0 Å². The molecule has 0 bridgehead atoms. The van der Waals surface area contributed by atoms with Crippen molar-refractivity contribution in [1.82, 2.24) is 10.2 Å². The lowest BCUT2D eigenvalue weighted by Crippen LogP contribution is -2.36. The van der Waals surface area contributed by atoms with E-state index in [2.05, 4.69) is 51.6 Å². The van der Waals surface area contributed by atoms with Crippen molar-refractivity contribution in [3.05, 3.63) is 20.8 Å². The van der Waals surface area contributed by atoms with Gasteiger partial charge in [-0.15, -0.1) is 11.3 Å². The molecule has 2 rings (SSSR count). The number of thiophene rings is 1. The Bertz CT molecular complexity index is 349. The Hall–Kier alpha value is 0.1000. The predicted octanol–water partition coefficient (Wildman–Crippen LogP) is 3.33. The van der Waals surface area contributed by atoms with Crippen molar-refractivity contribution in [3.63, 3.8) is 0 Å². The standard InChI is InChI=1S/C13H21BrN2S/c1-10(11-3-4-11)16(2)6-5-15-8-13-7-12(14)9-17-13/h7,9-11,15H,3-6,8H2,1-2H3. The van der Waals surface area contributed by atoms with E-state index in [0.29, 0.717) is 0 Å². The molecule has 96 valence electrons. The molecule has 17 heavy (non-hydrogen) atoms. The van der Waals surface area contributed by atoms with Gasteiger partial charge in [-0.05, 0) is 54.7 Å². The first-order valence-electron chi connectivity index (χ1n) is 6.30. The van der Waals surface area contributed by atoms with Crippen molar-refractivity contribution in [2.24, 2.45) is 5.92 Å². The maximum absolute atomic E-state index is 3.51. The first-order chi connectivity index (χ1) is 8.16. The molecule has 1 aromatic heterocycles. The predicted molar refractivity (Wildman–Crippen MR) is 78.5 cm³/mol. The first-order valence-corrected chi connectivity index (χ1v) is 7.98. The normalized spacial score (nSPS) is 17.6. The van der Waals surface area contributed by atoms with Crippen LogP contribution in [0.3, 0.4) is 0 Å². The molecule has 0 amide bonds. The highest BCUT2D eigenvalue weighted by molar-refractivity contribution is 9.10. The van der Waals surface area contributed by atoms with Gasteiger partial charge < -0.3 is 10.2 Å². The highest BCUT2D eigenvalue weighted by Crippen LogP contribution is 2.34. The molecule has 0 radical (unpaired) electrons. The topological polar surface area (TPSA) is 15.3 Å². The minimum Gasteiger partial charge on any atom is -0.311 e. The molecular weight excluding hydrogens is 296 g/mol. The van der Waals surface area contributed by atoms with E-state index < -0.39 is 0 Å². The fourth-order valence-electron chi connectivity index (χ4n) is 2.06. The zero-order chi connectivity index (χ0) is 12.3. The second-order valence-corrected chi connectivity index (χ2v) is 6.88. The van der Waals surface area contributed by atoms with Crippen molar-refractivity contribution in [3.8, 4) is 0 Å². The van der Waals surface area contributed by atoms with E-state index in [4.69, 9.17) is 0 Å². The van der Waals surface area contributed by atoms with Gasteiger partial charge in [-0.3, -0.25) is 0 Å². The Labute approximate surface area is 117 Å². The van der Waals surface area contributed by atoms with Gasteiger partial charge in [0.1, 0.15) is 0 Å². The number of hydrogen-bond donors (Lipinski definition) is 1. The summed E-state index contributed by atoms with van der Waals surface area (Å²) in [7, 11) is 2.24. The molecular formula is C13H21BrN2S. The van der Waals surface area contributed by atoms with Crippen molar-refractivity contribution in [2.75, 3.05) is 20.1 Å². The maximum atomic E-state index is 3.51. The molecule has 0 aromatic carbocycles. The molecule has 1 fully saturated rings. The number of likely N-dealkylation sites (N-methyl/N-ethyl adjacent to an activating group) is 1. The molecule has 0 spiro atoms. The SMILES string of the molecule is CC(C1CC1)N(C)CCNCc1cc(Br)cs1. The Kier molecular flexibility index (Phi) is 5.03. The van der Waals surface area contributed by atoms with Crippen LogP contribution >= 0.6 is 27.3 Å². The van der Waals surface area contributed by atoms with Crippen molar-refractivity contribution >= 4 is 27.3 Å². The number of halogens is 1. The Morgan fingerprint density at radius 2 is 2.35 bits per heavy atom. The van der Waals surface area contributed by atoms with Crippen LogP contribution in [0.4, 0.5) is 0 Å². The summed E-state index contributed by atoms with van der Waals surface area (Å²) in [6.45, 7) is 5.56. The maximum Gasteiger partial charge on any atom is 0.0300 e. The van der Waals surface area contributed by atoms with Gasteiger partial charge in [0.2, 0.25) is 0 Å². The fraction of sp³-hybridized carbons (Fsp3) is 0.692. The van der Waals surface area contributed by atoms with Gasteiger partial charge in [-0.1, -0.05) is 0 Å². The Morgan fingerprint density at radius 3 is 2.94 bits per heavy atom. The molecule has 1 heterocycles. The first kappa shape index (κ1) is 13.5. The largest absolute Gasteiger partial charge is 0.311 e. The zero-order valence-electron chi connectivity index (χ0n) is 10.6. The molecule has 1 N–H and O–H groups in total. The summed E-state index contributed by atoms with van der Waals surface area (Å²) < 4.78 is 1.19. The molecule has 0 saturated heterocycles. The number of nitrogens with zero attached hydrogens (tertiary/aromatic N) is 1. The Morgan fingerprint density at radius 1 is 1.59 bits per heavy atom. The molecule has 1 atom stereocenters. The molecule has 4 heteroatoms. The van der Waals surface area contributed by atoms with Gasteiger partial charge >= 0.3 is 0 Å². The fourth-order valence-corrected chi connectivity index (χ4v) is 3.48. The van der Waals surface area contributed by atoms with E-state index >= 15 is 0 Å². The van der Waals surface area contributed by atoms with Crippen LogP contribution in [0.5, 0.6) is 0 Å². The van der Waals surface area contributed by atoms with Crippen LogP contribution in [0.2, 0.25) is 0 Å². The molecule has 1 aromatic rings. The molecule has 1 aliphatic carbocycles. The van der Waals surface area contributed by atoms with E-state index in [1.54, 1.807) is 11.3 Å². The zero-order valence-corrected chi connectivity index (χ0v) is 13.0. The van der Waals surface area contributed by atoms with E-state index in [-0.39, 0.29) is 0 Å². The minimum atomic E-state index is 0.757. The molecule has 2 nitrogen and oxygen atoms in total. The second kappa shape index (κ2) is 6.32. The van der Waals surface area contributed by atoms with Gasteiger partial charge in [0.15, 0.2) is 0 Å². The third-order valence-electron chi connectivity index (χ3n) is 3.56. The van der Waals surface area contributed by atoms with E-state index in [0.717, 1.165) is 31.6 Å². The summed E-state index contributed by atoms with van der Waals surface area (Å²) in [5.74, 6) is 0.966. The lowest BCUT2D eigenvalue weighted by atomic mass is 10.2. The van der Waals surface area contributed by atoms with Crippen LogP contribution in [0, 0.1) is 5.92 Å². The molecule has 1 saturated carbocycles. The van der Waals surface area contributed by atoms with Gasteiger partial charge in [-0.25, -0.2) is 0 Å². The summed E-state index contributed by atoms with van der Waals surface area (Å²) in [6.07, 6.45) is 2.87. The van der Waals surface area contributed by atoms with E-state index in [1.807, 2.05) is 0 Å². The third kappa shape index (κ3) is 4.36. The van der Waals surface area contributed by atoms with Crippen molar-refractivity contribution in [1.29, 1.82) is 0 Å². The molecule has 0 aliphatic heterocycles. The van der Waals surface area contributed by atoms with Crippen LogP contribution in [-0.4, -0.2) is 31.1 Å². The average molecular weight is 317 g/mol. The summed E-state index contributed by atoms with van der Waals surface area (Å²) in [5, 5.41) is 5.65. The molecule has 1 aliphatic rings. The van der Waals surface area contributed by atoms with E-state index in [9.17, 15) is 0 Å². The van der Waals surface area contributed by atoms with Crippen LogP contribution in [0.1, 0.15) is 24.6 Å². The van der Waals surface area contributed by atoms with Gasteiger partial charge in [0.25, 0.3) is 0 Å². The lowest BCUT2D eigenvalue weighted by molar-refractivity contribution is 0.234. The summed E-state index contributed by atoms with van der Waals surface area (Å²) in [6, 6.07) is 2.95. The molecule has 1 unspecified atom stereocenters. The smallest absolute Gasteiger partial charge is 0.0300 e. The van der Waals surface area contributed by atoms with Gasteiger partial charge in [0.05, 0.1) is 0 Å². The highest BCUT2D eigenvalue weighted by atomic mass is 79.9. The lowest BCUT2D eigenvalue weighted by Gasteiger charge is -2.24. The summed E-state index contributed by atoms with van der Waals surface area (Å²) in [4.78, 5) is 3.88. The quantitative estimate of drug-likeness (QED) is 0.776. The third-order valence-corrected chi connectivity index (χ3v) is 5.26. The highest BCUT2D eigenvalue weighted by Gasteiger charge is 2.29. The van der Waals surface area contributed by atoms with Gasteiger partial charge in [0, 0.05) is 40.4 Å². The summed E-state index contributed by atoms with van der Waals surface area (Å²) >= 11 is 5.29. The second-order valence-electron chi connectivity index (χ2n) is 4.97.